The van der Waals surface area contributed by atoms with Crippen LogP contribution in [0, 0.1) is 25.6 Å². The number of nitrogens with one attached hydrogen (secondary N) is 2. The van der Waals surface area contributed by atoms with Crippen molar-refractivity contribution in [2.45, 2.75) is 141 Å². The Morgan fingerprint density at radius 3 is 2.20 bits per heavy atom. The Bertz CT molecular complexity index is 3470. The van der Waals surface area contributed by atoms with E-state index in [9.17, 15) is 22.4 Å². The summed E-state index contributed by atoms with van der Waals surface area (Å²) in [5.41, 5.74) is 4.89. The minimum absolute atomic E-state index is 0.0185. The van der Waals surface area contributed by atoms with Gasteiger partial charge in [-0.2, -0.15) is 5.10 Å². The van der Waals surface area contributed by atoms with Crippen molar-refractivity contribution in [3.8, 4) is 5.75 Å². The second-order valence-corrected chi connectivity index (χ2v) is 28.5. The highest BCUT2D eigenvalue weighted by Crippen LogP contribution is 2.41. The molecule has 0 spiro atoms. The number of ether oxygens (including phenoxy) is 2. The number of hydrogen-bond acceptors (Lipinski definition) is 17. The van der Waals surface area contributed by atoms with Crippen molar-refractivity contribution < 1.29 is 31.9 Å². The number of aromatic amines is 1. The first-order valence-corrected chi connectivity index (χ1v) is 30.5. The molecule has 0 aliphatic carbocycles. The largest absolute Gasteiger partial charge is 0.492 e. The summed E-state index contributed by atoms with van der Waals surface area (Å²) < 4.78 is 53.4. The first-order chi connectivity index (χ1) is 39.2. The number of H-pyrrole nitrogens is 1. The molecule has 22 heteroatoms. The van der Waals surface area contributed by atoms with Gasteiger partial charge in [-0.05, 0) is 130 Å². The molecule has 2 aromatic carbocycles. The number of piperidine rings is 1. The van der Waals surface area contributed by atoms with Gasteiger partial charge in [-0.3, -0.25) is 24.7 Å². The molecule has 83 heavy (non-hydrogen) atoms. The first kappa shape index (κ1) is 59.1. The zero-order chi connectivity index (χ0) is 59.3. The average Bonchev–Trinajstić information content (AvgIpc) is 3.11. The number of hydrogen-bond donors (Lipinski definition) is 2. The number of halogens is 1. The number of rotatable bonds is 14. The van der Waals surface area contributed by atoms with E-state index < -0.39 is 20.2 Å². The lowest BCUT2D eigenvalue weighted by Gasteiger charge is -2.48. The van der Waals surface area contributed by atoms with E-state index in [0.717, 1.165) is 91.0 Å². The third kappa shape index (κ3) is 12.9. The molecule has 4 aliphatic heterocycles. The molecule has 0 bridgehead atoms. The minimum Gasteiger partial charge on any atom is -0.492 e. The van der Waals surface area contributed by atoms with Crippen molar-refractivity contribution in [3.63, 3.8) is 0 Å². The van der Waals surface area contributed by atoms with Crippen LogP contribution in [0.5, 0.6) is 5.75 Å². The molecule has 1 unspecified atom stereocenters. The fourth-order valence-corrected chi connectivity index (χ4v) is 13.1. The summed E-state index contributed by atoms with van der Waals surface area (Å²) in [6, 6.07) is 13.7. The number of piperazine rings is 2. The summed E-state index contributed by atoms with van der Waals surface area (Å²) in [5, 5.41) is 11.1. The molecular weight excluding hydrogens is 1080 g/mol. The van der Waals surface area contributed by atoms with E-state index in [0.29, 0.717) is 61.7 Å². The molecule has 3 saturated heterocycles. The van der Waals surface area contributed by atoms with Crippen LogP contribution in [0.2, 0.25) is 0 Å². The minimum atomic E-state index is -3.85. The number of benzene rings is 2. The fraction of sp³-hybridized carbons (Fsp3) is 0.541. The molecule has 2 amide bonds. The molecule has 20 nitrogen and oxygen atoms in total. The maximum atomic E-state index is 14.7. The smallest absolute Gasteiger partial charge is 0.410 e. The van der Waals surface area contributed by atoms with Gasteiger partial charge in [0.05, 0.1) is 40.5 Å². The molecule has 8 heterocycles. The molecule has 3 fully saturated rings. The van der Waals surface area contributed by atoms with Gasteiger partial charge in [0.15, 0.2) is 9.84 Å². The highest BCUT2D eigenvalue weighted by Gasteiger charge is 2.44. The van der Waals surface area contributed by atoms with Gasteiger partial charge in [-0.1, -0.05) is 26.0 Å². The second kappa shape index (κ2) is 23.2. The Hall–Kier alpha value is -7.04. The van der Waals surface area contributed by atoms with Gasteiger partial charge >= 0.3 is 6.09 Å². The molecule has 10 rings (SSSR count). The van der Waals surface area contributed by atoms with E-state index in [1.807, 2.05) is 57.5 Å². The van der Waals surface area contributed by atoms with Crippen LogP contribution >= 0.6 is 0 Å². The Balaban J connectivity index is 0.784. The standard InChI is InChI=1S/C61H81FN14O6S/c1-38-29-73(53-27-52(65-37-66-53)71-19-17-43(18-20-71)34-81-50-26-48-47(25-51(50)83(79,80)60(8,9)10)57(67-36-64-48)68-56-40(3)41(4)69-70-56)22-21-72(38)31-46-32-75(58(78)82-59(5,6)7)39(2)30-74(46)33-54(77)76-35-61(11,12)55-49(76)24-44(28-63-55)23-42-13-15-45(62)16-14-42/h13-16,24-28,36-39,43,46H,17-23,29-35H2,1-12H3,(H2,64,67,68,69,70)/t38?,39-,46+/m1/s1. The van der Waals surface area contributed by atoms with Crippen molar-refractivity contribution in [2.24, 2.45) is 5.92 Å². The predicted molar refractivity (Wildman–Crippen MR) is 320 cm³/mol. The van der Waals surface area contributed by atoms with Gasteiger partial charge in [-0.25, -0.2) is 37.5 Å². The van der Waals surface area contributed by atoms with Crippen molar-refractivity contribution in [1.29, 1.82) is 0 Å². The van der Waals surface area contributed by atoms with E-state index in [1.54, 1.807) is 51.4 Å². The average molecular weight is 1160 g/mol. The Morgan fingerprint density at radius 2 is 1.53 bits per heavy atom. The van der Waals surface area contributed by atoms with Crippen LogP contribution in [0.25, 0.3) is 10.9 Å². The van der Waals surface area contributed by atoms with Crippen LogP contribution in [0.3, 0.4) is 0 Å². The fourth-order valence-electron chi connectivity index (χ4n) is 11.8. The zero-order valence-electron chi connectivity index (χ0n) is 50.2. The van der Waals surface area contributed by atoms with Gasteiger partial charge in [0.2, 0.25) is 5.91 Å². The highest BCUT2D eigenvalue weighted by molar-refractivity contribution is 7.92. The molecule has 0 saturated carbocycles. The summed E-state index contributed by atoms with van der Waals surface area (Å²) in [6.07, 6.45) is 6.80. The van der Waals surface area contributed by atoms with E-state index in [4.69, 9.17) is 24.4 Å². The lowest BCUT2D eigenvalue weighted by atomic mass is 9.91. The Kier molecular flexibility index (Phi) is 16.5. The monoisotopic (exact) mass is 1160 g/mol. The van der Waals surface area contributed by atoms with Crippen molar-refractivity contribution in [1.82, 2.24) is 49.8 Å². The van der Waals surface area contributed by atoms with Gasteiger partial charge in [-0.15, -0.1) is 0 Å². The SMILES string of the molecule is Cc1n[nH]c(Nc2ncnc3cc(OCC4CCN(c5cc(N6CCN(C[C@H]7CN(C(=O)OC(C)(C)C)[C@H](C)CN7CC(=O)N7CC(C)(C)c8ncc(Cc9ccc(F)cc9)cc87)C(C)C6)ncn5)CC4)c(S(=O)(=O)C(C)(C)C)cc23)c1C. The predicted octanol–water partition coefficient (Wildman–Crippen LogP) is 8.64. The van der Waals surface area contributed by atoms with Crippen molar-refractivity contribution in [3.05, 3.63) is 101 Å². The molecule has 0 radical (unpaired) electrons. The first-order valence-electron chi connectivity index (χ1n) is 29.0. The quantitative estimate of drug-likeness (QED) is 0.104. The van der Waals surface area contributed by atoms with E-state index >= 15 is 0 Å². The topological polar surface area (TPSA) is 211 Å². The van der Waals surface area contributed by atoms with Gasteiger partial charge in [0, 0.05) is 112 Å². The number of nitrogens with zero attached hydrogens (tertiary/aromatic N) is 12. The number of pyridine rings is 1. The van der Waals surface area contributed by atoms with Crippen LogP contribution in [0.4, 0.5) is 38.1 Å². The van der Waals surface area contributed by atoms with Crippen LogP contribution in [-0.4, -0.2) is 171 Å². The lowest BCUT2D eigenvalue weighted by molar-refractivity contribution is -0.121. The number of sulfone groups is 1. The number of aromatic nitrogens is 7. The summed E-state index contributed by atoms with van der Waals surface area (Å²) >= 11 is 0. The Labute approximate surface area is 487 Å². The molecular formula is C61H81FN14O6S. The Morgan fingerprint density at radius 1 is 0.819 bits per heavy atom. The normalized spacial score (nSPS) is 20.2. The van der Waals surface area contributed by atoms with E-state index in [1.165, 1.54) is 18.5 Å². The van der Waals surface area contributed by atoms with Gasteiger partial charge in [0.1, 0.15) is 58.0 Å². The van der Waals surface area contributed by atoms with E-state index in [-0.39, 0.29) is 64.5 Å². The zero-order valence-corrected chi connectivity index (χ0v) is 51.0. The number of amides is 2. The summed E-state index contributed by atoms with van der Waals surface area (Å²) in [5.74, 6) is 2.97. The van der Waals surface area contributed by atoms with E-state index in [2.05, 4.69) is 78.0 Å². The van der Waals surface area contributed by atoms with Crippen molar-refractivity contribution in [2.75, 3.05) is 92.1 Å². The summed E-state index contributed by atoms with van der Waals surface area (Å²) in [4.78, 5) is 65.0. The van der Waals surface area contributed by atoms with Crippen LogP contribution in [0.15, 0.2) is 72.3 Å². The number of carbonyl (C=O) groups excluding carboxylic acids is 2. The third-order valence-corrected chi connectivity index (χ3v) is 19.3. The highest BCUT2D eigenvalue weighted by atomic mass is 32.2. The lowest BCUT2D eigenvalue weighted by Crippen LogP contribution is -2.65. The molecule has 4 aromatic heterocycles. The number of anilines is 5. The molecule has 4 aliphatic rings. The number of carbonyl (C=O) groups is 2. The summed E-state index contributed by atoms with van der Waals surface area (Å²) in [7, 11) is -3.85. The number of fused-ring (bicyclic) bond motifs is 2. The van der Waals surface area contributed by atoms with Crippen molar-refractivity contribution >= 4 is 61.7 Å². The maximum Gasteiger partial charge on any atom is 0.410 e. The van der Waals surface area contributed by atoms with Crippen LogP contribution in [-0.2, 0) is 31.2 Å². The second-order valence-electron chi connectivity index (χ2n) is 25.8. The summed E-state index contributed by atoms with van der Waals surface area (Å²) in [6.45, 7) is 29.3. The third-order valence-electron chi connectivity index (χ3n) is 16.8. The maximum absolute atomic E-state index is 14.7. The van der Waals surface area contributed by atoms with Crippen LogP contribution in [0.1, 0.15) is 110 Å². The van der Waals surface area contributed by atoms with Crippen LogP contribution < -0.4 is 24.8 Å². The molecule has 2 N–H and O–H groups in total. The molecule has 3 atom stereocenters. The molecule has 444 valence electrons. The number of aryl methyl sites for hydroxylation is 1. The van der Waals surface area contributed by atoms with Gasteiger partial charge in [0.25, 0.3) is 0 Å². The van der Waals surface area contributed by atoms with Gasteiger partial charge < -0.3 is 34.4 Å². The molecule has 6 aromatic rings.